The van der Waals surface area contributed by atoms with Gasteiger partial charge >= 0.3 is 8.56 Å². The third-order valence-corrected chi connectivity index (χ3v) is 11.8. The molecule has 0 saturated heterocycles. The van der Waals surface area contributed by atoms with Gasteiger partial charge in [0.15, 0.2) is 0 Å². The third kappa shape index (κ3) is 3.25. The van der Waals surface area contributed by atoms with Gasteiger partial charge in [-0.25, -0.2) is 0 Å². The van der Waals surface area contributed by atoms with E-state index in [1.165, 1.54) is 44.9 Å². The first-order chi connectivity index (χ1) is 9.88. The van der Waals surface area contributed by atoms with E-state index >= 15 is 0 Å². The zero-order chi connectivity index (χ0) is 16.1. The maximum atomic E-state index is 6.31. The Morgan fingerprint density at radius 1 is 0.952 bits per heavy atom. The molecule has 0 spiro atoms. The fourth-order valence-electron chi connectivity index (χ4n) is 5.00. The van der Waals surface area contributed by atoms with Gasteiger partial charge in [-0.1, -0.05) is 60.3 Å². The molecule has 0 amide bonds. The Morgan fingerprint density at radius 3 is 1.86 bits per heavy atom. The molecule has 3 heteroatoms. The van der Waals surface area contributed by atoms with Crippen LogP contribution in [0.4, 0.5) is 0 Å². The van der Waals surface area contributed by atoms with Gasteiger partial charge in [0.2, 0.25) is 0 Å². The van der Waals surface area contributed by atoms with Gasteiger partial charge in [0, 0.05) is 19.3 Å². The van der Waals surface area contributed by atoms with Crippen LogP contribution < -0.4 is 0 Å². The molecule has 1 fully saturated rings. The van der Waals surface area contributed by atoms with Crippen molar-refractivity contribution in [3.05, 3.63) is 0 Å². The van der Waals surface area contributed by atoms with Gasteiger partial charge in [0.05, 0.1) is 0 Å². The van der Waals surface area contributed by atoms with Crippen LogP contribution in [0.15, 0.2) is 0 Å². The minimum atomic E-state index is -2.23. The molecule has 0 heterocycles. The molecule has 126 valence electrons. The second-order valence-electron chi connectivity index (χ2n) is 7.57. The highest BCUT2D eigenvalue weighted by molar-refractivity contribution is 6.71. The SMILES string of the molecule is CCC(CC)C[Si](OC)(OC)C1(CC)CCCCC1(C)C. The fraction of sp³-hybridized carbons (Fsp3) is 1.00. The Balaban J connectivity index is 3.26. The van der Waals surface area contributed by atoms with Crippen LogP contribution in [0.25, 0.3) is 0 Å². The first kappa shape index (κ1) is 19.2. The molecule has 1 aliphatic carbocycles. The molecular formula is C18H38O2Si. The average molecular weight is 315 g/mol. The number of hydrogen-bond donors (Lipinski definition) is 0. The molecule has 1 unspecified atom stereocenters. The molecule has 1 atom stereocenters. The molecule has 1 saturated carbocycles. The van der Waals surface area contributed by atoms with Crippen molar-refractivity contribution in [2.45, 2.75) is 90.6 Å². The van der Waals surface area contributed by atoms with Gasteiger partial charge < -0.3 is 8.85 Å². The summed E-state index contributed by atoms with van der Waals surface area (Å²) in [4.78, 5) is 0. The molecule has 0 bridgehead atoms. The van der Waals surface area contributed by atoms with Crippen molar-refractivity contribution in [3.63, 3.8) is 0 Å². The van der Waals surface area contributed by atoms with Crippen LogP contribution in [0.5, 0.6) is 0 Å². The van der Waals surface area contributed by atoms with Gasteiger partial charge in [-0.05, 0) is 36.6 Å². The predicted octanol–water partition coefficient (Wildman–Crippen LogP) is 5.91. The van der Waals surface area contributed by atoms with Gasteiger partial charge in [0.25, 0.3) is 0 Å². The van der Waals surface area contributed by atoms with Crippen molar-refractivity contribution >= 4 is 8.56 Å². The maximum Gasteiger partial charge on any atom is 0.344 e. The second kappa shape index (κ2) is 7.61. The molecule has 2 nitrogen and oxygen atoms in total. The summed E-state index contributed by atoms with van der Waals surface area (Å²) in [6.07, 6.45) is 8.94. The van der Waals surface area contributed by atoms with Crippen molar-refractivity contribution in [1.29, 1.82) is 0 Å². The number of rotatable bonds is 8. The summed E-state index contributed by atoms with van der Waals surface area (Å²) in [7, 11) is 1.60. The Morgan fingerprint density at radius 2 is 1.48 bits per heavy atom. The standard InChI is InChI=1S/C18H38O2Si/c1-8-16(9-2)15-21(19-6,20-7)18(10-3)14-12-11-13-17(18,4)5/h16H,8-15H2,1-7H3. The van der Waals surface area contributed by atoms with E-state index in [4.69, 9.17) is 8.85 Å². The molecule has 1 rings (SSSR count). The lowest BCUT2D eigenvalue weighted by atomic mass is 9.67. The summed E-state index contributed by atoms with van der Waals surface area (Å²) in [5, 5.41) is 0.254. The molecule has 0 aromatic heterocycles. The lowest BCUT2D eigenvalue weighted by Crippen LogP contribution is -2.59. The number of hydrogen-bond acceptors (Lipinski definition) is 2. The minimum Gasteiger partial charge on any atom is -0.397 e. The van der Waals surface area contributed by atoms with Crippen LogP contribution in [0.3, 0.4) is 0 Å². The van der Waals surface area contributed by atoms with E-state index in [9.17, 15) is 0 Å². The summed E-state index contributed by atoms with van der Waals surface area (Å²) in [5.74, 6) is 0.734. The third-order valence-electron chi connectivity index (χ3n) is 6.66. The molecule has 0 N–H and O–H groups in total. The summed E-state index contributed by atoms with van der Waals surface area (Å²) in [6, 6.07) is 1.16. The van der Waals surface area contributed by atoms with Crippen LogP contribution in [0, 0.1) is 11.3 Å². The molecule has 1 aliphatic rings. The van der Waals surface area contributed by atoms with Gasteiger partial charge in [-0.2, -0.15) is 0 Å². The van der Waals surface area contributed by atoms with Gasteiger partial charge in [-0.15, -0.1) is 0 Å². The monoisotopic (exact) mass is 314 g/mol. The Labute approximate surface area is 134 Å². The van der Waals surface area contributed by atoms with Crippen LogP contribution in [-0.4, -0.2) is 22.8 Å². The zero-order valence-electron chi connectivity index (χ0n) is 15.6. The summed E-state index contributed by atoms with van der Waals surface area (Å²) in [5.41, 5.74) is 0.324. The van der Waals surface area contributed by atoms with Crippen molar-refractivity contribution in [2.75, 3.05) is 14.2 Å². The topological polar surface area (TPSA) is 18.5 Å². The summed E-state index contributed by atoms with van der Waals surface area (Å²) >= 11 is 0. The van der Waals surface area contributed by atoms with Crippen molar-refractivity contribution in [3.8, 4) is 0 Å². The van der Waals surface area contributed by atoms with E-state index in [0.717, 1.165) is 12.0 Å². The van der Waals surface area contributed by atoms with E-state index < -0.39 is 8.56 Å². The lowest BCUT2D eigenvalue weighted by molar-refractivity contribution is 0.0763. The van der Waals surface area contributed by atoms with E-state index in [0.29, 0.717) is 5.41 Å². The van der Waals surface area contributed by atoms with Crippen LogP contribution in [0.1, 0.15) is 79.6 Å². The predicted molar refractivity (Wildman–Crippen MR) is 93.9 cm³/mol. The van der Waals surface area contributed by atoms with Crippen molar-refractivity contribution in [2.24, 2.45) is 11.3 Å². The second-order valence-corrected chi connectivity index (χ2v) is 11.3. The summed E-state index contributed by atoms with van der Waals surface area (Å²) in [6.45, 7) is 11.9. The van der Waals surface area contributed by atoms with Crippen LogP contribution >= 0.6 is 0 Å². The van der Waals surface area contributed by atoms with Crippen LogP contribution in [-0.2, 0) is 8.85 Å². The first-order valence-corrected chi connectivity index (χ1v) is 11.0. The minimum absolute atomic E-state index is 0.254. The van der Waals surface area contributed by atoms with E-state index in [1.807, 2.05) is 14.2 Å². The highest BCUT2D eigenvalue weighted by atomic mass is 28.4. The lowest BCUT2D eigenvalue weighted by Gasteiger charge is -2.57. The molecule has 0 radical (unpaired) electrons. The quantitative estimate of drug-likeness (QED) is 0.519. The molecule has 0 aliphatic heterocycles. The average Bonchev–Trinajstić information content (AvgIpc) is 2.49. The molecular weight excluding hydrogens is 276 g/mol. The highest BCUT2D eigenvalue weighted by Crippen LogP contribution is 2.65. The fourth-order valence-corrected chi connectivity index (χ4v) is 10.3. The van der Waals surface area contributed by atoms with Gasteiger partial charge in [0.1, 0.15) is 0 Å². The zero-order valence-corrected chi connectivity index (χ0v) is 16.6. The normalized spacial score (nSPS) is 26.3. The van der Waals surface area contributed by atoms with E-state index in [1.54, 1.807) is 0 Å². The molecule has 21 heavy (non-hydrogen) atoms. The Hall–Kier alpha value is 0.137. The largest absolute Gasteiger partial charge is 0.397 e. The Bertz CT molecular complexity index is 308. The molecule has 0 aromatic carbocycles. The van der Waals surface area contributed by atoms with E-state index in [2.05, 4.69) is 34.6 Å². The Kier molecular flexibility index (Phi) is 6.95. The van der Waals surface area contributed by atoms with Gasteiger partial charge in [-0.3, -0.25) is 0 Å². The smallest absolute Gasteiger partial charge is 0.344 e. The first-order valence-electron chi connectivity index (χ1n) is 8.99. The summed E-state index contributed by atoms with van der Waals surface area (Å²) < 4.78 is 12.6. The van der Waals surface area contributed by atoms with Crippen molar-refractivity contribution in [1.82, 2.24) is 0 Å². The maximum absolute atomic E-state index is 6.31. The van der Waals surface area contributed by atoms with Crippen molar-refractivity contribution < 1.29 is 8.85 Å². The molecule has 0 aromatic rings. The highest BCUT2D eigenvalue weighted by Gasteiger charge is 2.63. The van der Waals surface area contributed by atoms with Crippen LogP contribution in [0.2, 0.25) is 11.1 Å². The van der Waals surface area contributed by atoms with E-state index in [-0.39, 0.29) is 5.04 Å².